The molecule has 0 aliphatic heterocycles. The van der Waals surface area contributed by atoms with Crippen molar-refractivity contribution in [3.63, 3.8) is 0 Å². The van der Waals surface area contributed by atoms with Crippen LogP contribution >= 0.6 is 0 Å². The fraction of sp³-hybridized carbons (Fsp3) is 0.222. The Morgan fingerprint density at radius 1 is 1.10 bits per heavy atom. The van der Waals surface area contributed by atoms with Gasteiger partial charge >= 0.3 is 0 Å². The van der Waals surface area contributed by atoms with Crippen molar-refractivity contribution in [3.8, 4) is 16.9 Å². The van der Waals surface area contributed by atoms with Crippen LogP contribution in [0.5, 0.6) is 5.75 Å². The summed E-state index contributed by atoms with van der Waals surface area (Å²) < 4.78 is 5.24. The molecule has 0 heterocycles. The lowest BCUT2D eigenvalue weighted by Crippen LogP contribution is -1.85. The lowest BCUT2D eigenvalue weighted by molar-refractivity contribution is 0.415. The smallest absolute Gasteiger partial charge is 0.119 e. The van der Waals surface area contributed by atoms with Crippen LogP contribution in [0, 0.1) is 0 Å². The normalized spacial score (nSPS) is 9.30. The Morgan fingerprint density at radius 3 is 2.30 bits per heavy atom. The van der Waals surface area contributed by atoms with Gasteiger partial charge in [0, 0.05) is 0 Å². The molecule has 2 nitrogen and oxygen atoms in total. The molecule has 0 aliphatic carbocycles. The second-order valence-corrected chi connectivity index (χ2v) is 4.36. The van der Waals surface area contributed by atoms with Crippen LogP contribution in [0.25, 0.3) is 11.1 Å². The molecule has 0 amide bonds. The minimum absolute atomic E-state index is 0.750. The summed E-state index contributed by atoms with van der Waals surface area (Å²) in [7, 11) is 1.70. The van der Waals surface area contributed by atoms with E-state index in [9.17, 15) is 0 Å². The third-order valence-electron chi connectivity index (χ3n) is 2.90. The Hall–Kier alpha value is -2.22. The molecule has 0 saturated carbocycles. The molecule has 0 aliphatic rings. The van der Waals surface area contributed by atoms with Gasteiger partial charge in [0.05, 0.1) is 13.4 Å². The van der Waals surface area contributed by atoms with E-state index in [0.29, 0.717) is 0 Å². The molecule has 2 aromatic rings. The Labute approximate surface area is 121 Å². The van der Waals surface area contributed by atoms with Crippen molar-refractivity contribution >= 4 is 0 Å². The molecule has 0 radical (unpaired) electrons. The van der Waals surface area contributed by atoms with Gasteiger partial charge in [0.15, 0.2) is 0 Å². The molecular formula is C18H22O2. The maximum Gasteiger partial charge on any atom is 0.119 e. The molecule has 0 unspecified atom stereocenters. The summed E-state index contributed by atoms with van der Waals surface area (Å²) >= 11 is 0. The highest BCUT2D eigenvalue weighted by Gasteiger charge is 1.99. The van der Waals surface area contributed by atoms with Crippen molar-refractivity contribution in [1.29, 1.82) is 0 Å². The van der Waals surface area contributed by atoms with Gasteiger partial charge in [-0.3, -0.25) is 0 Å². The molecule has 0 atom stereocenters. The number of aryl methyl sites for hydroxylation is 1. The van der Waals surface area contributed by atoms with E-state index in [1.807, 2.05) is 12.1 Å². The topological polar surface area (TPSA) is 29.5 Å². The molecule has 2 rings (SSSR count). The number of aliphatic hydroxyl groups excluding tert-OH is 1. The average Bonchev–Trinajstić information content (AvgIpc) is 2.49. The Balaban J connectivity index is 0.000000612. The van der Waals surface area contributed by atoms with Gasteiger partial charge in [0.25, 0.3) is 0 Å². The summed E-state index contributed by atoms with van der Waals surface area (Å²) in [6, 6.07) is 16.9. The Bertz CT molecular complexity index is 515. The number of hydrogen-bond acceptors (Lipinski definition) is 2. The van der Waals surface area contributed by atoms with E-state index in [4.69, 9.17) is 9.84 Å². The summed E-state index contributed by atoms with van der Waals surface area (Å²) in [5, 5.41) is 7.33. The maximum absolute atomic E-state index is 7.33. The van der Waals surface area contributed by atoms with Gasteiger partial charge < -0.3 is 9.84 Å². The van der Waals surface area contributed by atoms with Crippen LogP contribution in [-0.4, -0.2) is 12.2 Å². The molecule has 1 N–H and O–H groups in total. The SMILES string of the molecule is C=CO.CCCc1ccc(-c2cccc(OC)c2)cc1. The molecule has 2 heteroatoms. The molecule has 2 aromatic carbocycles. The molecule has 0 saturated heterocycles. The summed E-state index contributed by atoms with van der Waals surface area (Å²) in [4.78, 5) is 0. The molecule has 0 aromatic heterocycles. The van der Waals surface area contributed by atoms with Crippen molar-refractivity contribution in [2.45, 2.75) is 19.8 Å². The van der Waals surface area contributed by atoms with E-state index < -0.39 is 0 Å². The predicted octanol–water partition coefficient (Wildman–Crippen LogP) is 5.00. The van der Waals surface area contributed by atoms with Crippen LogP contribution in [0.2, 0.25) is 0 Å². The molecule has 0 spiro atoms. The third kappa shape index (κ3) is 4.81. The monoisotopic (exact) mass is 270 g/mol. The van der Waals surface area contributed by atoms with E-state index >= 15 is 0 Å². The molecule has 0 fully saturated rings. The van der Waals surface area contributed by atoms with E-state index in [1.165, 1.54) is 23.1 Å². The highest BCUT2D eigenvalue weighted by Crippen LogP contribution is 2.24. The second kappa shape index (κ2) is 8.81. The number of hydrogen-bond donors (Lipinski definition) is 1. The summed E-state index contributed by atoms with van der Waals surface area (Å²) in [5.74, 6) is 0.903. The van der Waals surface area contributed by atoms with Gasteiger partial charge in [-0.05, 0) is 35.2 Å². The van der Waals surface area contributed by atoms with Crippen LogP contribution < -0.4 is 4.74 Å². The van der Waals surface area contributed by atoms with Crippen LogP contribution in [-0.2, 0) is 6.42 Å². The zero-order valence-electron chi connectivity index (χ0n) is 12.2. The summed E-state index contributed by atoms with van der Waals surface area (Å²) in [6.45, 7) is 5.12. The molecule has 106 valence electrons. The van der Waals surface area contributed by atoms with Crippen LogP contribution in [0.4, 0.5) is 0 Å². The molecular weight excluding hydrogens is 248 g/mol. The fourth-order valence-corrected chi connectivity index (χ4v) is 1.96. The average molecular weight is 270 g/mol. The zero-order valence-corrected chi connectivity index (χ0v) is 12.2. The van der Waals surface area contributed by atoms with Gasteiger partial charge in [-0.15, -0.1) is 0 Å². The molecule has 20 heavy (non-hydrogen) atoms. The van der Waals surface area contributed by atoms with E-state index in [-0.39, 0.29) is 0 Å². The van der Waals surface area contributed by atoms with Gasteiger partial charge in [-0.2, -0.15) is 0 Å². The highest BCUT2D eigenvalue weighted by molar-refractivity contribution is 5.65. The van der Waals surface area contributed by atoms with Crippen molar-refractivity contribution < 1.29 is 9.84 Å². The maximum atomic E-state index is 7.33. The van der Waals surface area contributed by atoms with E-state index in [0.717, 1.165) is 18.4 Å². The third-order valence-corrected chi connectivity index (χ3v) is 2.90. The number of ether oxygens (including phenoxy) is 1. The van der Waals surface area contributed by atoms with Crippen molar-refractivity contribution in [1.82, 2.24) is 0 Å². The van der Waals surface area contributed by atoms with Gasteiger partial charge in [-0.25, -0.2) is 0 Å². The van der Waals surface area contributed by atoms with E-state index in [1.54, 1.807) is 7.11 Å². The molecule has 0 bridgehead atoms. The minimum Gasteiger partial charge on any atom is -0.516 e. The number of methoxy groups -OCH3 is 1. The number of aliphatic hydroxyl groups is 1. The largest absolute Gasteiger partial charge is 0.516 e. The quantitative estimate of drug-likeness (QED) is 0.792. The first-order valence-electron chi connectivity index (χ1n) is 6.73. The lowest BCUT2D eigenvalue weighted by Gasteiger charge is -2.06. The Morgan fingerprint density at radius 2 is 1.75 bits per heavy atom. The first kappa shape index (κ1) is 15.8. The highest BCUT2D eigenvalue weighted by atomic mass is 16.5. The van der Waals surface area contributed by atoms with Crippen molar-refractivity contribution in [3.05, 3.63) is 66.9 Å². The van der Waals surface area contributed by atoms with Crippen molar-refractivity contribution in [2.75, 3.05) is 7.11 Å². The van der Waals surface area contributed by atoms with Crippen LogP contribution in [0.3, 0.4) is 0 Å². The fourth-order valence-electron chi connectivity index (χ4n) is 1.96. The minimum atomic E-state index is 0.750. The van der Waals surface area contributed by atoms with E-state index in [2.05, 4.69) is 49.9 Å². The number of benzene rings is 2. The van der Waals surface area contributed by atoms with Crippen LogP contribution in [0.15, 0.2) is 61.4 Å². The van der Waals surface area contributed by atoms with Crippen molar-refractivity contribution in [2.24, 2.45) is 0 Å². The summed E-state index contributed by atoms with van der Waals surface area (Å²) in [5.41, 5.74) is 3.84. The zero-order chi connectivity index (χ0) is 14.8. The van der Waals surface area contributed by atoms with Gasteiger partial charge in [0.1, 0.15) is 5.75 Å². The predicted molar refractivity (Wildman–Crippen MR) is 85.3 cm³/mol. The van der Waals surface area contributed by atoms with Crippen LogP contribution in [0.1, 0.15) is 18.9 Å². The van der Waals surface area contributed by atoms with Gasteiger partial charge in [-0.1, -0.05) is 56.3 Å². The lowest BCUT2D eigenvalue weighted by atomic mass is 10.0. The first-order chi connectivity index (χ1) is 9.74. The number of rotatable bonds is 4. The second-order valence-electron chi connectivity index (χ2n) is 4.36. The standard InChI is InChI=1S/C16H18O.C2H4O/c1-3-5-13-8-10-14(11-9-13)15-6-4-7-16(12-15)17-2;1-2-3/h4,6-12H,3,5H2,1-2H3;2-3H,1H2. The first-order valence-corrected chi connectivity index (χ1v) is 6.73. The Kier molecular flexibility index (Phi) is 6.97. The van der Waals surface area contributed by atoms with Gasteiger partial charge in [0.2, 0.25) is 0 Å². The summed E-state index contributed by atoms with van der Waals surface area (Å²) in [6.07, 6.45) is 3.09.